The molecule has 0 atom stereocenters. The van der Waals surface area contributed by atoms with Gasteiger partial charge in [0.25, 0.3) is 0 Å². The molecule has 0 aliphatic rings. The number of carbonyl (C=O) groups excluding carboxylic acids is 1. The third-order valence-corrected chi connectivity index (χ3v) is 2.16. The van der Waals surface area contributed by atoms with Crippen molar-refractivity contribution < 1.29 is 9.21 Å². The molecule has 0 saturated carbocycles. The summed E-state index contributed by atoms with van der Waals surface area (Å²) in [6.45, 7) is 0. The number of Topliss-reactive ketones (excluding diaryl/α,β-unsaturated/α-hetero) is 1. The number of ketones is 1. The second-order valence-corrected chi connectivity index (χ2v) is 3.23. The van der Waals surface area contributed by atoms with E-state index < -0.39 is 0 Å². The van der Waals surface area contributed by atoms with Gasteiger partial charge in [0.1, 0.15) is 11.5 Å². The number of alkyl halides is 1. The smallest absolute Gasteiger partial charge is 0.147 e. The van der Waals surface area contributed by atoms with Crippen LogP contribution in [0.25, 0.3) is 0 Å². The third kappa shape index (κ3) is 4.13. The molecule has 0 aromatic carbocycles. The Labute approximate surface area is 82.9 Å². The molecule has 0 fully saturated rings. The third-order valence-electron chi connectivity index (χ3n) is 1.86. The summed E-state index contributed by atoms with van der Waals surface area (Å²) >= 11 is 5.36. The maximum absolute atomic E-state index is 10.8. The van der Waals surface area contributed by atoms with Gasteiger partial charge in [0.15, 0.2) is 0 Å². The highest BCUT2D eigenvalue weighted by atomic mass is 35.5. The lowest BCUT2D eigenvalue weighted by atomic mass is 10.1. The Morgan fingerprint density at radius 2 is 2.31 bits per heavy atom. The highest BCUT2D eigenvalue weighted by Gasteiger charge is 2.00. The van der Waals surface area contributed by atoms with Gasteiger partial charge in [-0.2, -0.15) is 0 Å². The lowest BCUT2D eigenvalue weighted by molar-refractivity contribution is -0.116. The first kappa shape index (κ1) is 10.3. The van der Waals surface area contributed by atoms with Crippen molar-refractivity contribution in [3.63, 3.8) is 0 Å². The van der Waals surface area contributed by atoms with Gasteiger partial charge in [0, 0.05) is 12.8 Å². The Kier molecular flexibility index (Phi) is 4.61. The zero-order valence-electron chi connectivity index (χ0n) is 7.46. The minimum Gasteiger partial charge on any atom is -0.469 e. The van der Waals surface area contributed by atoms with Gasteiger partial charge in [-0.1, -0.05) is 0 Å². The Bertz CT molecular complexity index is 241. The molecule has 0 spiro atoms. The maximum atomic E-state index is 10.8. The second kappa shape index (κ2) is 5.81. The van der Waals surface area contributed by atoms with E-state index in [9.17, 15) is 4.79 Å². The number of rotatable bonds is 6. The molecule has 72 valence electrons. The molecule has 0 amide bonds. The summed E-state index contributed by atoms with van der Waals surface area (Å²) in [6.07, 6.45) is 5.04. The number of halogens is 1. The van der Waals surface area contributed by atoms with Crippen LogP contribution in [0.1, 0.15) is 25.0 Å². The van der Waals surface area contributed by atoms with Crippen molar-refractivity contribution >= 4 is 17.4 Å². The molecule has 13 heavy (non-hydrogen) atoms. The van der Waals surface area contributed by atoms with Crippen LogP contribution < -0.4 is 0 Å². The number of furan rings is 1. The minimum atomic E-state index is 0.126. The first-order chi connectivity index (χ1) is 6.33. The van der Waals surface area contributed by atoms with Crippen LogP contribution in [0, 0.1) is 0 Å². The van der Waals surface area contributed by atoms with E-state index in [2.05, 4.69) is 0 Å². The largest absolute Gasteiger partial charge is 0.469 e. The molecule has 3 heteroatoms. The first-order valence-electron chi connectivity index (χ1n) is 4.43. The number of unbranched alkanes of at least 4 members (excludes halogenated alkanes) is 1. The summed E-state index contributed by atoms with van der Waals surface area (Å²) in [5.41, 5.74) is 0. The van der Waals surface area contributed by atoms with E-state index in [-0.39, 0.29) is 11.7 Å². The van der Waals surface area contributed by atoms with Gasteiger partial charge in [-0.05, 0) is 25.0 Å². The molecule has 1 aromatic rings. The van der Waals surface area contributed by atoms with E-state index in [1.807, 2.05) is 12.1 Å². The van der Waals surface area contributed by atoms with Crippen molar-refractivity contribution in [1.29, 1.82) is 0 Å². The van der Waals surface area contributed by atoms with Crippen molar-refractivity contribution in [2.24, 2.45) is 0 Å². The monoisotopic (exact) mass is 200 g/mol. The summed E-state index contributed by atoms with van der Waals surface area (Å²) in [6, 6.07) is 3.82. The Hall–Kier alpha value is -0.760. The molecule has 0 saturated heterocycles. The Morgan fingerprint density at radius 1 is 1.46 bits per heavy atom. The van der Waals surface area contributed by atoms with Gasteiger partial charge in [-0.3, -0.25) is 4.79 Å². The van der Waals surface area contributed by atoms with Gasteiger partial charge < -0.3 is 4.42 Å². The number of hydrogen-bond acceptors (Lipinski definition) is 2. The standard InChI is InChI=1S/C10H13ClO2/c11-8-9(12)4-1-2-5-10-6-3-7-13-10/h3,6-7H,1-2,4-5,8H2. The fraction of sp³-hybridized carbons (Fsp3) is 0.500. The molecule has 0 aliphatic heterocycles. The predicted octanol–water partition coefficient (Wildman–Crippen LogP) is 2.80. The van der Waals surface area contributed by atoms with E-state index >= 15 is 0 Å². The summed E-state index contributed by atoms with van der Waals surface area (Å²) in [7, 11) is 0. The van der Waals surface area contributed by atoms with Crippen molar-refractivity contribution in [1.82, 2.24) is 0 Å². The first-order valence-corrected chi connectivity index (χ1v) is 4.96. The number of hydrogen-bond donors (Lipinski definition) is 0. The van der Waals surface area contributed by atoms with Crippen LogP contribution in [0.3, 0.4) is 0 Å². The molecule has 0 N–H and O–H groups in total. The fourth-order valence-electron chi connectivity index (χ4n) is 1.14. The fourth-order valence-corrected chi connectivity index (χ4v) is 1.28. The van der Waals surface area contributed by atoms with E-state index in [1.165, 1.54) is 0 Å². The van der Waals surface area contributed by atoms with Crippen LogP contribution in [-0.4, -0.2) is 11.7 Å². The van der Waals surface area contributed by atoms with Crippen molar-refractivity contribution in [2.75, 3.05) is 5.88 Å². The van der Waals surface area contributed by atoms with Crippen LogP contribution in [-0.2, 0) is 11.2 Å². The SMILES string of the molecule is O=C(CCl)CCCCc1ccco1. The van der Waals surface area contributed by atoms with Crippen LogP contribution in [0.2, 0.25) is 0 Å². The van der Waals surface area contributed by atoms with Crippen LogP contribution in [0.15, 0.2) is 22.8 Å². The van der Waals surface area contributed by atoms with E-state index in [0.29, 0.717) is 6.42 Å². The topological polar surface area (TPSA) is 30.2 Å². The molecule has 0 bridgehead atoms. The maximum Gasteiger partial charge on any atom is 0.147 e. The molecular weight excluding hydrogens is 188 g/mol. The van der Waals surface area contributed by atoms with Crippen molar-refractivity contribution in [3.05, 3.63) is 24.2 Å². The highest BCUT2D eigenvalue weighted by Crippen LogP contribution is 2.07. The summed E-state index contributed by atoms with van der Waals surface area (Å²) in [5, 5.41) is 0. The average molecular weight is 201 g/mol. The molecule has 0 radical (unpaired) electrons. The molecule has 0 unspecified atom stereocenters. The Balaban J connectivity index is 2.05. The molecule has 1 heterocycles. The van der Waals surface area contributed by atoms with Crippen molar-refractivity contribution in [3.8, 4) is 0 Å². The predicted molar refractivity (Wildman–Crippen MR) is 52.0 cm³/mol. The Morgan fingerprint density at radius 3 is 2.92 bits per heavy atom. The lowest BCUT2D eigenvalue weighted by Crippen LogP contribution is -1.98. The van der Waals surface area contributed by atoms with Crippen LogP contribution >= 0.6 is 11.6 Å². The van der Waals surface area contributed by atoms with Gasteiger partial charge in [-0.15, -0.1) is 11.6 Å². The molecule has 1 rings (SSSR count). The lowest BCUT2D eigenvalue weighted by Gasteiger charge is -1.96. The van der Waals surface area contributed by atoms with Gasteiger partial charge in [0.2, 0.25) is 0 Å². The molecule has 2 nitrogen and oxygen atoms in total. The van der Waals surface area contributed by atoms with Crippen LogP contribution in [0.5, 0.6) is 0 Å². The number of aryl methyl sites for hydroxylation is 1. The minimum absolute atomic E-state index is 0.126. The zero-order valence-corrected chi connectivity index (χ0v) is 8.22. The summed E-state index contributed by atoms with van der Waals surface area (Å²) < 4.78 is 5.16. The van der Waals surface area contributed by atoms with Crippen LogP contribution in [0.4, 0.5) is 0 Å². The molecular formula is C10H13ClO2. The zero-order chi connectivity index (χ0) is 9.52. The normalized spacial score (nSPS) is 10.2. The van der Waals surface area contributed by atoms with E-state index in [1.54, 1.807) is 6.26 Å². The van der Waals surface area contributed by atoms with Crippen molar-refractivity contribution in [2.45, 2.75) is 25.7 Å². The number of carbonyl (C=O) groups is 1. The molecule has 1 aromatic heterocycles. The summed E-state index contributed by atoms with van der Waals surface area (Å²) in [5.74, 6) is 1.25. The van der Waals surface area contributed by atoms with Gasteiger partial charge >= 0.3 is 0 Å². The quantitative estimate of drug-likeness (QED) is 0.522. The highest BCUT2D eigenvalue weighted by molar-refractivity contribution is 6.27. The van der Waals surface area contributed by atoms with Gasteiger partial charge in [0.05, 0.1) is 12.1 Å². The van der Waals surface area contributed by atoms with E-state index in [0.717, 1.165) is 25.0 Å². The van der Waals surface area contributed by atoms with E-state index in [4.69, 9.17) is 16.0 Å². The second-order valence-electron chi connectivity index (χ2n) is 2.96. The van der Waals surface area contributed by atoms with Gasteiger partial charge in [-0.25, -0.2) is 0 Å². The average Bonchev–Trinajstić information content (AvgIpc) is 2.64. The molecule has 0 aliphatic carbocycles. The summed E-state index contributed by atoms with van der Waals surface area (Å²) in [4.78, 5) is 10.8.